The van der Waals surface area contributed by atoms with Crippen LogP contribution in [-0.4, -0.2) is 41.5 Å². The quantitative estimate of drug-likeness (QED) is 0.848. The van der Waals surface area contributed by atoms with Crippen LogP contribution in [0, 0.1) is 12.8 Å². The average Bonchev–Trinajstić information content (AvgIpc) is 2.73. The fraction of sp³-hybridized carbons (Fsp3) is 0.500. The van der Waals surface area contributed by atoms with Gasteiger partial charge in [0.25, 0.3) is 5.91 Å². The van der Waals surface area contributed by atoms with E-state index in [0.29, 0.717) is 5.92 Å². The van der Waals surface area contributed by atoms with Gasteiger partial charge in [0.05, 0.1) is 5.69 Å². The fourth-order valence-electron chi connectivity index (χ4n) is 4.59. The number of hydrogen-bond acceptors (Lipinski definition) is 4. The Bertz CT molecular complexity index is 838. The summed E-state index contributed by atoms with van der Waals surface area (Å²) >= 11 is 0. The second-order valence-corrected chi connectivity index (χ2v) is 8.37. The number of ether oxygens (including phenoxy) is 1. The fourth-order valence-corrected chi connectivity index (χ4v) is 4.59. The maximum absolute atomic E-state index is 12.5. The minimum Gasteiger partial charge on any atom is -0.483 e. The van der Waals surface area contributed by atoms with Gasteiger partial charge in [0, 0.05) is 31.9 Å². The van der Waals surface area contributed by atoms with E-state index in [0.717, 1.165) is 56.8 Å². The van der Waals surface area contributed by atoms with Crippen molar-refractivity contribution in [2.75, 3.05) is 19.7 Å². The highest BCUT2D eigenvalue weighted by molar-refractivity contribution is 5.78. The molecule has 0 aliphatic carbocycles. The third kappa shape index (κ3) is 5.15. The van der Waals surface area contributed by atoms with Gasteiger partial charge in [-0.2, -0.15) is 0 Å². The number of fused-ring (bicyclic) bond motifs is 2. The van der Waals surface area contributed by atoms with Gasteiger partial charge in [0.15, 0.2) is 6.61 Å². The number of benzene rings is 1. The van der Waals surface area contributed by atoms with Crippen LogP contribution >= 0.6 is 0 Å². The van der Waals surface area contributed by atoms with E-state index in [1.807, 2.05) is 30.5 Å². The van der Waals surface area contributed by atoms with E-state index in [-0.39, 0.29) is 18.6 Å². The Balaban J connectivity index is 1.42. The molecular weight excluding hydrogens is 362 g/mol. The van der Waals surface area contributed by atoms with Crippen LogP contribution in [-0.2, 0) is 17.8 Å². The molecule has 5 nitrogen and oxygen atoms in total. The van der Waals surface area contributed by atoms with Crippen molar-refractivity contribution in [2.45, 2.75) is 51.6 Å². The lowest BCUT2D eigenvalue weighted by molar-refractivity contribution is -0.124. The van der Waals surface area contributed by atoms with Gasteiger partial charge in [-0.05, 0) is 61.8 Å². The minimum atomic E-state index is -0.00982. The summed E-state index contributed by atoms with van der Waals surface area (Å²) in [6, 6.07) is 12.5. The molecule has 1 amide bonds. The summed E-state index contributed by atoms with van der Waals surface area (Å²) in [6.45, 7) is 5.11. The van der Waals surface area contributed by atoms with Crippen molar-refractivity contribution in [1.82, 2.24) is 15.2 Å². The molecule has 1 aromatic carbocycles. The zero-order chi connectivity index (χ0) is 20.1. The highest BCUT2D eigenvalue weighted by Crippen LogP contribution is 2.26. The van der Waals surface area contributed by atoms with Crippen LogP contribution < -0.4 is 10.1 Å². The molecule has 5 heteroatoms. The number of carbonyl (C=O) groups is 1. The second kappa shape index (κ2) is 9.40. The highest BCUT2D eigenvalue weighted by Gasteiger charge is 2.30. The van der Waals surface area contributed by atoms with Crippen molar-refractivity contribution in [3.05, 3.63) is 59.4 Å². The van der Waals surface area contributed by atoms with Crippen molar-refractivity contribution in [3.8, 4) is 5.75 Å². The van der Waals surface area contributed by atoms with E-state index < -0.39 is 0 Å². The van der Waals surface area contributed by atoms with Crippen LogP contribution in [0.4, 0.5) is 0 Å². The molecule has 2 aliphatic heterocycles. The van der Waals surface area contributed by atoms with Crippen LogP contribution in [0.5, 0.6) is 5.75 Å². The standard InChI is InChI=1S/C24H31N3O2/c1-18-7-6-13-25-22(18)16-27-14-12-21-20(15-27)10-3-2-8-19-9-4-5-11-23(19)29-17-24(28)26-21/h4-7,9,11,13,20-21H,2-3,8,10,12,14-17H2,1H3,(H,26,28)/t20-,21+/m0/s1. The van der Waals surface area contributed by atoms with Gasteiger partial charge in [-0.1, -0.05) is 30.7 Å². The van der Waals surface area contributed by atoms with Crippen molar-refractivity contribution >= 4 is 5.91 Å². The summed E-state index contributed by atoms with van der Waals surface area (Å²) in [5.74, 6) is 1.32. The molecule has 154 valence electrons. The number of piperidine rings is 1. The predicted molar refractivity (Wildman–Crippen MR) is 114 cm³/mol. The number of nitrogens with zero attached hydrogens (tertiary/aromatic N) is 2. The molecule has 2 aromatic rings. The van der Waals surface area contributed by atoms with Crippen LogP contribution in [0.1, 0.15) is 42.5 Å². The molecule has 0 radical (unpaired) electrons. The number of nitrogens with one attached hydrogen (secondary N) is 1. The van der Waals surface area contributed by atoms with Crippen LogP contribution in [0.25, 0.3) is 0 Å². The first-order valence-electron chi connectivity index (χ1n) is 10.8. The molecule has 1 N–H and O–H groups in total. The summed E-state index contributed by atoms with van der Waals surface area (Å²) in [7, 11) is 0. The Labute approximate surface area is 173 Å². The Hall–Kier alpha value is -2.40. The molecule has 1 fully saturated rings. The first-order chi connectivity index (χ1) is 14.2. The Kier molecular flexibility index (Phi) is 6.45. The number of carbonyl (C=O) groups excluding carboxylic acids is 1. The predicted octanol–water partition coefficient (Wildman–Crippen LogP) is 3.50. The van der Waals surface area contributed by atoms with Crippen molar-refractivity contribution < 1.29 is 9.53 Å². The SMILES string of the molecule is Cc1cccnc1CN1CC[C@H]2NC(=O)COc3ccccc3CCCC[C@H]2C1. The first kappa shape index (κ1) is 19.9. The molecular formula is C24H31N3O2. The van der Waals surface area contributed by atoms with Crippen LogP contribution in [0.3, 0.4) is 0 Å². The lowest BCUT2D eigenvalue weighted by atomic mass is 9.87. The first-order valence-corrected chi connectivity index (χ1v) is 10.8. The zero-order valence-electron chi connectivity index (χ0n) is 17.3. The molecule has 1 aromatic heterocycles. The van der Waals surface area contributed by atoms with Crippen molar-refractivity contribution in [1.29, 1.82) is 0 Å². The number of pyridine rings is 1. The molecule has 0 saturated carbocycles. The third-order valence-electron chi connectivity index (χ3n) is 6.26. The second-order valence-electron chi connectivity index (χ2n) is 8.37. The minimum absolute atomic E-state index is 0.00982. The van der Waals surface area contributed by atoms with Crippen molar-refractivity contribution in [3.63, 3.8) is 0 Å². The maximum Gasteiger partial charge on any atom is 0.258 e. The molecule has 2 atom stereocenters. The summed E-state index contributed by atoms with van der Waals surface area (Å²) in [6.07, 6.45) is 7.33. The van der Waals surface area contributed by atoms with Gasteiger partial charge in [0.2, 0.25) is 0 Å². The van der Waals surface area contributed by atoms with Crippen LogP contribution in [0.2, 0.25) is 0 Å². The Morgan fingerprint density at radius 2 is 2.07 bits per heavy atom. The summed E-state index contributed by atoms with van der Waals surface area (Å²) in [5.41, 5.74) is 3.61. The van der Waals surface area contributed by atoms with Gasteiger partial charge in [-0.25, -0.2) is 0 Å². The lowest BCUT2D eigenvalue weighted by Gasteiger charge is -2.39. The third-order valence-corrected chi connectivity index (χ3v) is 6.26. The van der Waals surface area contributed by atoms with Gasteiger partial charge in [-0.15, -0.1) is 0 Å². The summed E-state index contributed by atoms with van der Waals surface area (Å²) in [5, 5.41) is 3.26. The van der Waals surface area contributed by atoms with Gasteiger partial charge >= 0.3 is 0 Å². The maximum atomic E-state index is 12.5. The molecule has 4 rings (SSSR count). The number of likely N-dealkylation sites (tertiary alicyclic amines) is 1. The lowest BCUT2D eigenvalue weighted by Crippen LogP contribution is -2.51. The van der Waals surface area contributed by atoms with E-state index in [2.05, 4.69) is 34.3 Å². The van der Waals surface area contributed by atoms with Crippen LogP contribution in [0.15, 0.2) is 42.6 Å². The zero-order valence-corrected chi connectivity index (χ0v) is 17.3. The largest absolute Gasteiger partial charge is 0.483 e. The normalized spacial score (nSPS) is 23.6. The summed E-state index contributed by atoms with van der Waals surface area (Å²) < 4.78 is 5.83. The average molecular weight is 394 g/mol. The van der Waals surface area contributed by atoms with E-state index in [1.54, 1.807) is 0 Å². The highest BCUT2D eigenvalue weighted by atomic mass is 16.5. The number of para-hydroxylation sites is 1. The molecule has 29 heavy (non-hydrogen) atoms. The number of aryl methyl sites for hydroxylation is 2. The number of hydrogen-bond donors (Lipinski definition) is 1. The topological polar surface area (TPSA) is 54.5 Å². The molecule has 0 bridgehead atoms. The molecule has 1 saturated heterocycles. The smallest absolute Gasteiger partial charge is 0.258 e. The van der Waals surface area contributed by atoms with Crippen molar-refractivity contribution in [2.24, 2.45) is 5.92 Å². The van der Waals surface area contributed by atoms with E-state index in [4.69, 9.17) is 4.74 Å². The number of aromatic nitrogens is 1. The molecule has 0 spiro atoms. The Morgan fingerprint density at radius 1 is 1.17 bits per heavy atom. The molecule has 0 unspecified atom stereocenters. The van der Waals surface area contributed by atoms with Gasteiger partial charge < -0.3 is 10.1 Å². The van der Waals surface area contributed by atoms with E-state index >= 15 is 0 Å². The van der Waals surface area contributed by atoms with E-state index in [9.17, 15) is 4.79 Å². The monoisotopic (exact) mass is 393 g/mol. The number of rotatable bonds is 2. The molecule has 3 heterocycles. The summed E-state index contributed by atoms with van der Waals surface area (Å²) in [4.78, 5) is 19.6. The molecule has 2 aliphatic rings. The van der Waals surface area contributed by atoms with Gasteiger partial charge in [-0.3, -0.25) is 14.7 Å². The van der Waals surface area contributed by atoms with E-state index in [1.165, 1.54) is 17.5 Å². The van der Waals surface area contributed by atoms with Gasteiger partial charge in [0.1, 0.15) is 5.75 Å². The Morgan fingerprint density at radius 3 is 2.97 bits per heavy atom. The number of amides is 1.